The SMILES string of the molecule is O=C(O)c1ccc(OCCSc2ncccn2)cc1. The average Bonchev–Trinajstić information content (AvgIpc) is 2.45. The van der Waals surface area contributed by atoms with E-state index in [1.54, 1.807) is 30.6 Å². The topological polar surface area (TPSA) is 72.3 Å². The summed E-state index contributed by atoms with van der Waals surface area (Å²) < 4.78 is 5.49. The molecule has 0 spiro atoms. The third-order valence-corrected chi connectivity index (χ3v) is 3.07. The minimum absolute atomic E-state index is 0.249. The van der Waals surface area contributed by atoms with Gasteiger partial charge in [0.25, 0.3) is 0 Å². The maximum absolute atomic E-state index is 10.7. The zero-order valence-corrected chi connectivity index (χ0v) is 10.8. The van der Waals surface area contributed by atoms with Crippen LogP contribution < -0.4 is 4.74 Å². The van der Waals surface area contributed by atoms with Crippen molar-refractivity contribution >= 4 is 17.7 Å². The molecule has 0 fully saturated rings. The molecule has 0 aliphatic rings. The van der Waals surface area contributed by atoms with Crippen molar-refractivity contribution in [3.63, 3.8) is 0 Å². The van der Waals surface area contributed by atoms with Gasteiger partial charge in [0.15, 0.2) is 5.16 Å². The number of carboxylic acids is 1. The normalized spacial score (nSPS) is 10.1. The van der Waals surface area contributed by atoms with E-state index < -0.39 is 5.97 Å². The summed E-state index contributed by atoms with van der Waals surface area (Å²) in [5.41, 5.74) is 0.249. The highest BCUT2D eigenvalue weighted by Crippen LogP contribution is 2.14. The Morgan fingerprint density at radius 2 is 1.89 bits per heavy atom. The van der Waals surface area contributed by atoms with Gasteiger partial charge in [-0.25, -0.2) is 14.8 Å². The number of thioether (sulfide) groups is 1. The van der Waals surface area contributed by atoms with Crippen molar-refractivity contribution in [2.24, 2.45) is 0 Å². The van der Waals surface area contributed by atoms with E-state index in [0.29, 0.717) is 17.5 Å². The van der Waals surface area contributed by atoms with Gasteiger partial charge >= 0.3 is 5.97 Å². The van der Waals surface area contributed by atoms with Crippen LogP contribution in [-0.2, 0) is 0 Å². The Morgan fingerprint density at radius 1 is 1.21 bits per heavy atom. The number of benzene rings is 1. The fourth-order valence-corrected chi connectivity index (χ4v) is 1.97. The second kappa shape index (κ2) is 6.75. The number of rotatable bonds is 6. The van der Waals surface area contributed by atoms with E-state index in [1.165, 1.54) is 23.9 Å². The lowest BCUT2D eigenvalue weighted by Crippen LogP contribution is -2.01. The highest BCUT2D eigenvalue weighted by atomic mass is 32.2. The molecular weight excluding hydrogens is 264 g/mol. The Kier molecular flexibility index (Phi) is 4.74. The average molecular weight is 276 g/mol. The van der Waals surface area contributed by atoms with Crippen LogP contribution in [0.2, 0.25) is 0 Å². The summed E-state index contributed by atoms with van der Waals surface area (Å²) in [6, 6.07) is 8.10. The highest BCUT2D eigenvalue weighted by molar-refractivity contribution is 7.99. The summed E-state index contributed by atoms with van der Waals surface area (Å²) in [6.07, 6.45) is 3.39. The molecule has 1 heterocycles. The first-order chi connectivity index (χ1) is 9.25. The summed E-state index contributed by atoms with van der Waals surface area (Å²) >= 11 is 1.51. The maximum atomic E-state index is 10.7. The van der Waals surface area contributed by atoms with Crippen LogP contribution in [0.4, 0.5) is 0 Å². The number of aromatic carboxylic acids is 1. The Hall–Kier alpha value is -2.08. The molecule has 0 radical (unpaired) electrons. The van der Waals surface area contributed by atoms with Crippen molar-refractivity contribution in [3.05, 3.63) is 48.3 Å². The second-order valence-corrected chi connectivity index (χ2v) is 4.62. The molecule has 0 bridgehead atoms. The van der Waals surface area contributed by atoms with Gasteiger partial charge in [-0.15, -0.1) is 0 Å². The first kappa shape index (κ1) is 13.4. The number of carboxylic acid groups (broad SMARTS) is 1. The number of carbonyl (C=O) groups is 1. The molecule has 0 aliphatic carbocycles. The largest absolute Gasteiger partial charge is 0.493 e. The summed E-state index contributed by atoms with van der Waals surface area (Å²) in [5, 5.41) is 9.47. The Labute approximate surface area is 114 Å². The Balaban J connectivity index is 1.75. The van der Waals surface area contributed by atoms with Gasteiger partial charge in [0.2, 0.25) is 0 Å². The predicted molar refractivity (Wildman–Crippen MR) is 71.7 cm³/mol. The molecule has 0 aliphatic heterocycles. The van der Waals surface area contributed by atoms with E-state index in [1.807, 2.05) is 0 Å². The maximum Gasteiger partial charge on any atom is 0.335 e. The van der Waals surface area contributed by atoms with Gasteiger partial charge in [0.05, 0.1) is 12.2 Å². The van der Waals surface area contributed by atoms with E-state index in [4.69, 9.17) is 9.84 Å². The number of nitrogens with zero attached hydrogens (tertiary/aromatic N) is 2. The van der Waals surface area contributed by atoms with Crippen molar-refractivity contribution in [2.45, 2.75) is 5.16 Å². The van der Waals surface area contributed by atoms with Crippen molar-refractivity contribution in [3.8, 4) is 5.75 Å². The first-order valence-electron chi connectivity index (χ1n) is 5.61. The minimum atomic E-state index is -0.941. The summed E-state index contributed by atoms with van der Waals surface area (Å²) in [5.74, 6) is 0.438. The van der Waals surface area contributed by atoms with E-state index in [-0.39, 0.29) is 5.56 Å². The Bertz CT molecular complexity index is 531. The summed E-state index contributed by atoms with van der Waals surface area (Å²) in [7, 11) is 0. The molecule has 98 valence electrons. The second-order valence-electron chi connectivity index (χ2n) is 3.56. The van der Waals surface area contributed by atoms with Crippen molar-refractivity contribution in [2.75, 3.05) is 12.4 Å². The van der Waals surface area contributed by atoms with Gasteiger partial charge in [-0.3, -0.25) is 0 Å². The molecule has 1 aromatic carbocycles. The molecule has 0 amide bonds. The predicted octanol–water partition coefficient (Wildman–Crippen LogP) is 2.35. The van der Waals surface area contributed by atoms with Crippen LogP contribution in [0.5, 0.6) is 5.75 Å². The molecule has 1 N–H and O–H groups in total. The lowest BCUT2D eigenvalue weighted by molar-refractivity contribution is 0.0697. The van der Waals surface area contributed by atoms with Gasteiger partial charge in [0.1, 0.15) is 5.75 Å². The van der Waals surface area contributed by atoms with E-state index in [2.05, 4.69) is 9.97 Å². The van der Waals surface area contributed by atoms with Gasteiger partial charge in [-0.2, -0.15) is 0 Å². The number of hydrogen-bond donors (Lipinski definition) is 1. The summed E-state index contributed by atoms with van der Waals surface area (Å²) in [6.45, 7) is 0.509. The van der Waals surface area contributed by atoms with E-state index in [0.717, 1.165) is 5.75 Å². The van der Waals surface area contributed by atoms with Gasteiger partial charge in [-0.1, -0.05) is 11.8 Å². The molecule has 0 saturated heterocycles. The van der Waals surface area contributed by atoms with E-state index >= 15 is 0 Å². The molecule has 5 nitrogen and oxygen atoms in total. The lowest BCUT2D eigenvalue weighted by atomic mass is 10.2. The first-order valence-corrected chi connectivity index (χ1v) is 6.60. The molecule has 0 atom stereocenters. The van der Waals surface area contributed by atoms with Gasteiger partial charge in [0, 0.05) is 18.1 Å². The third kappa shape index (κ3) is 4.26. The Morgan fingerprint density at radius 3 is 2.53 bits per heavy atom. The number of aromatic nitrogens is 2. The van der Waals surface area contributed by atoms with Crippen LogP contribution in [-0.4, -0.2) is 33.4 Å². The van der Waals surface area contributed by atoms with Crippen LogP contribution >= 0.6 is 11.8 Å². The fourth-order valence-electron chi connectivity index (χ4n) is 1.35. The van der Waals surface area contributed by atoms with E-state index in [9.17, 15) is 4.79 Å². The quantitative estimate of drug-likeness (QED) is 0.496. The fraction of sp³-hybridized carbons (Fsp3) is 0.154. The molecule has 6 heteroatoms. The van der Waals surface area contributed by atoms with Crippen LogP contribution in [0.3, 0.4) is 0 Å². The third-order valence-electron chi connectivity index (χ3n) is 2.23. The zero-order chi connectivity index (χ0) is 13.5. The highest BCUT2D eigenvalue weighted by Gasteiger charge is 2.02. The minimum Gasteiger partial charge on any atom is -0.493 e. The number of hydrogen-bond acceptors (Lipinski definition) is 5. The summed E-state index contributed by atoms with van der Waals surface area (Å²) in [4.78, 5) is 18.8. The molecule has 2 aromatic rings. The lowest BCUT2D eigenvalue weighted by Gasteiger charge is -2.05. The molecule has 0 saturated carbocycles. The van der Waals surface area contributed by atoms with Crippen LogP contribution in [0.15, 0.2) is 47.9 Å². The van der Waals surface area contributed by atoms with Crippen molar-refractivity contribution in [1.82, 2.24) is 9.97 Å². The van der Waals surface area contributed by atoms with Crippen LogP contribution in [0, 0.1) is 0 Å². The number of ether oxygens (including phenoxy) is 1. The van der Waals surface area contributed by atoms with Gasteiger partial charge < -0.3 is 9.84 Å². The molecular formula is C13H12N2O3S. The smallest absolute Gasteiger partial charge is 0.335 e. The van der Waals surface area contributed by atoms with Crippen molar-refractivity contribution in [1.29, 1.82) is 0 Å². The molecule has 19 heavy (non-hydrogen) atoms. The molecule has 2 rings (SSSR count). The van der Waals surface area contributed by atoms with Crippen molar-refractivity contribution < 1.29 is 14.6 Å². The standard InChI is InChI=1S/C13H12N2O3S/c16-12(17)10-2-4-11(5-3-10)18-8-9-19-13-14-6-1-7-15-13/h1-7H,8-9H2,(H,16,17). The molecule has 1 aromatic heterocycles. The molecule has 0 unspecified atom stereocenters. The monoisotopic (exact) mass is 276 g/mol. The van der Waals surface area contributed by atoms with Gasteiger partial charge in [-0.05, 0) is 30.3 Å². The van der Waals surface area contributed by atoms with Crippen LogP contribution in [0.25, 0.3) is 0 Å². The zero-order valence-electron chi connectivity index (χ0n) is 10.0. The van der Waals surface area contributed by atoms with Crippen LogP contribution in [0.1, 0.15) is 10.4 Å².